The SMILES string of the molecule is CC(C)(C)OC(=O)N1CC(CO)C(c2ccsc2)C1. The molecule has 4 nitrogen and oxygen atoms in total. The van der Waals surface area contributed by atoms with E-state index in [4.69, 9.17) is 4.74 Å². The molecule has 1 amide bonds. The van der Waals surface area contributed by atoms with E-state index in [1.807, 2.05) is 26.2 Å². The third-order valence-corrected chi connectivity index (χ3v) is 4.00. The first kappa shape index (κ1) is 14.3. The van der Waals surface area contributed by atoms with Gasteiger partial charge in [0.05, 0.1) is 0 Å². The number of hydrogen-bond acceptors (Lipinski definition) is 4. The highest BCUT2D eigenvalue weighted by Gasteiger charge is 2.37. The molecule has 1 aromatic heterocycles. The number of ether oxygens (including phenoxy) is 1. The molecule has 0 radical (unpaired) electrons. The number of hydrogen-bond donors (Lipinski definition) is 1. The van der Waals surface area contributed by atoms with E-state index in [1.54, 1.807) is 16.2 Å². The van der Waals surface area contributed by atoms with Gasteiger partial charge in [0, 0.05) is 31.5 Å². The fourth-order valence-corrected chi connectivity index (χ4v) is 3.12. The molecule has 2 unspecified atom stereocenters. The molecule has 0 aromatic carbocycles. The largest absolute Gasteiger partial charge is 0.444 e. The average molecular weight is 283 g/mol. The van der Waals surface area contributed by atoms with Crippen molar-refractivity contribution in [1.82, 2.24) is 4.90 Å². The van der Waals surface area contributed by atoms with Crippen molar-refractivity contribution in [3.63, 3.8) is 0 Å². The van der Waals surface area contributed by atoms with Gasteiger partial charge in [0.15, 0.2) is 0 Å². The first-order chi connectivity index (χ1) is 8.90. The molecular weight excluding hydrogens is 262 g/mol. The number of aliphatic hydroxyl groups is 1. The van der Waals surface area contributed by atoms with Crippen LogP contribution in [0.1, 0.15) is 32.3 Å². The lowest BCUT2D eigenvalue weighted by Gasteiger charge is -2.24. The molecule has 1 aliphatic rings. The topological polar surface area (TPSA) is 49.8 Å². The van der Waals surface area contributed by atoms with Crippen LogP contribution in [-0.4, -0.2) is 41.4 Å². The molecule has 0 saturated carbocycles. The van der Waals surface area contributed by atoms with Crippen molar-refractivity contribution in [1.29, 1.82) is 0 Å². The Balaban J connectivity index is 2.05. The fourth-order valence-electron chi connectivity index (χ4n) is 2.40. The maximum absolute atomic E-state index is 12.1. The second-order valence-corrected chi connectivity index (χ2v) is 6.77. The highest BCUT2D eigenvalue weighted by Crippen LogP contribution is 2.34. The lowest BCUT2D eigenvalue weighted by atomic mass is 9.92. The third-order valence-electron chi connectivity index (χ3n) is 3.30. The van der Waals surface area contributed by atoms with Crippen molar-refractivity contribution >= 4 is 17.4 Å². The highest BCUT2D eigenvalue weighted by molar-refractivity contribution is 7.07. The molecule has 0 spiro atoms. The van der Waals surface area contributed by atoms with Crippen LogP contribution < -0.4 is 0 Å². The summed E-state index contributed by atoms with van der Waals surface area (Å²) in [5, 5.41) is 13.6. The minimum absolute atomic E-state index is 0.0970. The predicted molar refractivity (Wildman–Crippen MR) is 75.4 cm³/mol. The molecule has 0 bridgehead atoms. The maximum atomic E-state index is 12.1. The summed E-state index contributed by atoms with van der Waals surface area (Å²) >= 11 is 1.64. The number of amides is 1. The van der Waals surface area contributed by atoms with Crippen molar-refractivity contribution < 1.29 is 14.6 Å². The van der Waals surface area contributed by atoms with Crippen molar-refractivity contribution in [3.05, 3.63) is 22.4 Å². The van der Waals surface area contributed by atoms with Gasteiger partial charge < -0.3 is 14.7 Å². The summed E-state index contributed by atoms with van der Waals surface area (Å²) in [6.07, 6.45) is -0.288. The van der Waals surface area contributed by atoms with E-state index in [0.29, 0.717) is 13.1 Å². The summed E-state index contributed by atoms with van der Waals surface area (Å²) < 4.78 is 5.39. The monoisotopic (exact) mass is 283 g/mol. The number of carbonyl (C=O) groups is 1. The van der Waals surface area contributed by atoms with Gasteiger partial charge in [-0.25, -0.2) is 4.79 Å². The normalized spacial score (nSPS) is 23.7. The summed E-state index contributed by atoms with van der Waals surface area (Å²) in [5.41, 5.74) is 0.724. The zero-order chi connectivity index (χ0) is 14.0. The summed E-state index contributed by atoms with van der Waals surface area (Å²) in [7, 11) is 0. The van der Waals surface area contributed by atoms with Crippen molar-refractivity contribution in [2.75, 3.05) is 19.7 Å². The smallest absolute Gasteiger partial charge is 0.410 e. The van der Waals surface area contributed by atoms with Gasteiger partial charge in [-0.05, 0) is 43.2 Å². The van der Waals surface area contributed by atoms with Gasteiger partial charge in [0.25, 0.3) is 0 Å². The number of likely N-dealkylation sites (tertiary alicyclic amines) is 1. The number of nitrogens with zero attached hydrogens (tertiary/aromatic N) is 1. The minimum atomic E-state index is -0.480. The molecule has 1 aromatic rings. The number of rotatable bonds is 2. The van der Waals surface area contributed by atoms with Crippen LogP contribution in [0.4, 0.5) is 4.79 Å². The van der Waals surface area contributed by atoms with Crippen LogP contribution in [-0.2, 0) is 4.74 Å². The fraction of sp³-hybridized carbons (Fsp3) is 0.643. The van der Waals surface area contributed by atoms with E-state index in [-0.39, 0.29) is 24.5 Å². The van der Waals surface area contributed by atoms with Gasteiger partial charge >= 0.3 is 6.09 Å². The molecular formula is C14H21NO3S. The first-order valence-electron chi connectivity index (χ1n) is 6.51. The van der Waals surface area contributed by atoms with Crippen molar-refractivity contribution in [2.45, 2.75) is 32.3 Å². The van der Waals surface area contributed by atoms with E-state index < -0.39 is 5.60 Å². The Morgan fingerprint density at radius 1 is 1.53 bits per heavy atom. The summed E-state index contributed by atoms with van der Waals surface area (Å²) in [5.74, 6) is 0.311. The number of thiophene rings is 1. The van der Waals surface area contributed by atoms with Gasteiger partial charge in [0.1, 0.15) is 5.60 Å². The van der Waals surface area contributed by atoms with Crippen LogP contribution in [0.15, 0.2) is 16.8 Å². The van der Waals surface area contributed by atoms with Crippen LogP contribution in [0, 0.1) is 5.92 Å². The molecule has 1 aliphatic heterocycles. The average Bonchev–Trinajstić information content (AvgIpc) is 2.95. The predicted octanol–water partition coefficient (Wildman–Crippen LogP) is 2.69. The van der Waals surface area contributed by atoms with Gasteiger partial charge in [-0.1, -0.05) is 0 Å². The van der Waals surface area contributed by atoms with Crippen LogP contribution >= 0.6 is 11.3 Å². The number of carbonyl (C=O) groups excluding carboxylic acids is 1. The Kier molecular flexibility index (Phi) is 4.16. The Hall–Kier alpha value is -1.07. The lowest BCUT2D eigenvalue weighted by Crippen LogP contribution is -2.35. The standard InChI is InChI=1S/C14H21NO3S/c1-14(2,3)18-13(17)15-6-11(8-16)12(7-15)10-4-5-19-9-10/h4-5,9,11-12,16H,6-8H2,1-3H3. The third kappa shape index (κ3) is 3.48. The Morgan fingerprint density at radius 2 is 2.26 bits per heavy atom. The van der Waals surface area contributed by atoms with E-state index in [9.17, 15) is 9.90 Å². The van der Waals surface area contributed by atoms with Crippen LogP contribution in [0.2, 0.25) is 0 Å². The Morgan fingerprint density at radius 3 is 2.79 bits per heavy atom. The quantitative estimate of drug-likeness (QED) is 0.908. The van der Waals surface area contributed by atoms with Gasteiger partial charge in [-0.2, -0.15) is 11.3 Å². The molecule has 2 atom stereocenters. The summed E-state index contributed by atoms with van der Waals surface area (Å²) in [4.78, 5) is 13.8. The summed E-state index contributed by atoms with van der Waals surface area (Å²) in [6.45, 7) is 6.87. The van der Waals surface area contributed by atoms with Crippen LogP contribution in [0.25, 0.3) is 0 Å². The molecule has 0 aliphatic carbocycles. The minimum Gasteiger partial charge on any atom is -0.444 e. The van der Waals surface area contributed by atoms with E-state index in [0.717, 1.165) is 0 Å². The summed E-state index contributed by atoms with van der Waals surface area (Å²) in [6, 6.07) is 2.07. The molecule has 2 rings (SSSR count). The molecule has 1 saturated heterocycles. The molecule has 19 heavy (non-hydrogen) atoms. The van der Waals surface area contributed by atoms with Crippen LogP contribution in [0.5, 0.6) is 0 Å². The van der Waals surface area contributed by atoms with Crippen molar-refractivity contribution in [2.24, 2.45) is 5.92 Å². The van der Waals surface area contributed by atoms with Gasteiger partial charge in [0.2, 0.25) is 0 Å². The molecule has 1 N–H and O–H groups in total. The van der Waals surface area contributed by atoms with E-state index in [2.05, 4.69) is 11.4 Å². The van der Waals surface area contributed by atoms with Gasteiger partial charge in [-0.3, -0.25) is 0 Å². The second kappa shape index (κ2) is 5.51. The highest BCUT2D eigenvalue weighted by atomic mass is 32.1. The zero-order valence-corrected chi connectivity index (χ0v) is 12.4. The molecule has 5 heteroatoms. The maximum Gasteiger partial charge on any atom is 0.410 e. The van der Waals surface area contributed by atoms with Gasteiger partial charge in [-0.15, -0.1) is 0 Å². The lowest BCUT2D eigenvalue weighted by molar-refractivity contribution is 0.0283. The second-order valence-electron chi connectivity index (χ2n) is 5.99. The van der Waals surface area contributed by atoms with E-state index in [1.165, 1.54) is 5.56 Å². The first-order valence-corrected chi connectivity index (χ1v) is 7.46. The Bertz CT molecular complexity index is 424. The molecule has 2 heterocycles. The number of aliphatic hydroxyl groups excluding tert-OH is 1. The van der Waals surface area contributed by atoms with Crippen molar-refractivity contribution in [3.8, 4) is 0 Å². The Labute approximate surface area is 118 Å². The van der Waals surface area contributed by atoms with E-state index >= 15 is 0 Å². The molecule has 106 valence electrons. The molecule has 1 fully saturated rings. The van der Waals surface area contributed by atoms with Crippen LogP contribution in [0.3, 0.4) is 0 Å². The zero-order valence-electron chi connectivity index (χ0n) is 11.6.